The predicted molar refractivity (Wildman–Crippen MR) is 145 cm³/mol. The van der Waals surface area contributed by atoms with Gasteiger partial charge in [0, 0.05) is 24.5 Å². The van der Waals surface area contributed by atoms with E-state index in [1.807, 2.05) is 24.3 Å². The summed E-state index contributed by atoms with van der Waals surface area (Å²) in [5, 5.41) is 12.1. The highest BCUT2D eigenvalue weighted by Crippen LogP contribution is 2.34. The quantitative estimate of drug-likeness (QED) is 0.266. The highest BCUT2D eigenvalue weighted by atomic mass is 32.2. The van der Waals surface area contributed by atoms with Crippen LogP contribution in [0, 0.1) is 11.2 Å². The molecule has 11 heteroatoms. The van der Waals surface area contributed by atoms with Gasteiger partial charge in [-0.15, -0.1) is 0 Å². The maximum Gasteiger partial charge on any atom is 0.209 e. The van der Waals surface area contributed by atoms with E-state index in [2.05, 4.69) is 25.0 Å². The molecule has 0 saturated carbocycles. The van der Waals surface area contributed by atoms with Gasteiger partial charge in [0.2, 0.25) is 10.0 Å². The van der Waals surface area contributed by atoms with Crippen molar-refractivity contribution in [3.8, 4) is 22.5 Å². The van der Waals surface area contributed by atoms with E-state index in [1.54, 1.807) is 36.8 Å². The van der Waals surface area contributed by atoms with Gasteiger partial charge in [-0.3, -0.25) is 15.4 Å². The number of fused-ring (bicyclic) bond motifs is 1. The fraction of sp³-hybridized carbons (Fsp3) is 0.111. The molecule has 0 amide bonds. The molecule has 5 rings (SSSR count). The zero-order chi connectivity index (χ0) is 26.9. The molecule has 0 bridgehead atoms. The summed E-state index contributed by atoms with van der Waals surface area (Å²) in [4.78, 5) is 13.2. The monoisotopic (exact) mass is 529 g/mol. The number of pyridine rings is 3. The van der Waals surface area contributed by atoms with Crippen molar-refractivity contribution >= 4 is 27.1 Å². The predicted octanol–water partition coefficient (Wildman–Crippen LogP) is 3.90. The normalized spacial score (nSPS) is 12.8. The number of aromatic nitrogens is 3. The molecule has 0 spiro atoms. The van der Waals surface area contributed by atoms with E-state index in [0.29, 0.717) is 57.3 Å². The second kappa shape index (κ2) is 10.1. The molecule has 9 nitrogen and oxygen atoms in total. The second-order valence-corrected chi connectivity index (χ2v) is 10.7. The first-order valence-corrected chi connectivity index (χ1v) is 13.5. The molecule has 1 aliphatic rings. The SMILES string of the molecule is CS(=O)(=O)NCc1cc(F)cc(-c2cncc3c2CC=C(C(=N)c2nc(-c4ccccn4)ccc2N)N3)c1. The summed E-state index contributed by atoms with van der Waals surface area (Å²) in [6, 6.07) is 13.4. The van der Waals surface area contributed by atoms with E-state index in [9.17, 15) is 12.8 Å². The Hall–Kier alpha value is -4.48. The van der Waals surface area contributed by atoms with Crippen molar-refractivity contribution in [2.45, 2.75) is 13.0 Å². The van der Waals surface area contributed by atoms with Gasteiger partial charge in [-0.05, 0) is 65.6 Å². The number of hydrogen-bond acceptors (Lipinski definition) is 8. The topological polar surface area (TPSA) is 147 Å². The fourth-order valence-electron chi connectivity index (χ4n) is 4.21. The van der Waals surface area contributed by atoms with E-state index in [0.717, 1.165) is 11.8 Å². The van der Waals surface area contributed by atoms with Crippen molar-refractivity contribution in [3.05, 3.63) is 102 Å². The lowest BCUT2D eigenvalue weighted by atomic mass is 9.94. The fourth-order valence-corrected chi connectivity index (χ4v) is 4.63. The van der Waals surface area contributed by atoms with Crippen molar-refractivity contribution in [3.63, 3.8) is 0 Å². The molecule has 3 aromatic heterocycles. The highest BCUT2D eigenvalue weighted by Gasteiger charge is 2.21. The van der Waals surface area contributed by atoms with E-state index in [1.165, 1.54) is 12.1 Å². The number of nitrogens with two attached hydrogens (primary N) is 1. The van der Waals surface area contributed by atoms with Gasteiger partial charge in [0.1, 0.15) is 17.2 Å². The molecule has 0 fully saturated rings. The molecule has 1 aliphatic heterocycles. The number of nitrogens with one attached hydrogen (secondary N) is 3. The molecule has 0 atom stereocenters. The van der Waals surface area contributed by atoms with Crippen LogP contribution in [0.5, 0.6) is 0 Å². The van der Waals surface area contributed by atoms with Crippen LogP contribution in [-0.4, -0.2) is 35.3 Å². The lowest BCUT2D eigenvalue weighted by Gasteiger charge is -2.22. The lowest BCUT2D eigenvalue weighted by molar-refractivity contribution is 0.586. The molecule has 5 N–H and O–H groups in total. The van der Waals surface area contributed by atoms with Gasteiger partial charge in [0.05, 0.1) is 40.9 Å². The van der Waals surface area contributed by atoms with Gasteiger partial charge in [-0.2, -0.15) is 0 Å². The maximum absolute atomic E-state index is 14.4. The third-order valence-electron chi connectivity index (χ3n) is 6.00. The summed E-state index contributed by atoms with van der Waals surface area (Å²) in [6.45, 7) is -0.0303. The van der Waals surface area contributed by atoms with Crippen LogP contribution in [0.4, 0.5) is 15.8 Å². The number of anilines is 2. The van der Waals surface area contributed by atoms with Crippen LogP contribution in [0.2, 0.25) is 0 Å². The third kappa shape index (κ3) is 5.43. The van der Waals surface area contributed by atoms with Gasteiger partial charge in [0.25, 0.3) is 0 Å². The first-order valence-electron chi connectivity index (χ1n) is 11.6. The summed E-state index contributed by atoms with van der Waals surface area (Å²) < 4.78 is 39.8. The Labute approximate surface area is 219 Å². The van der Waals surface area contributed by atoms with Crippen LogP contribution in [-0.2, 0) is 23.0 Å². The van der Waals surface area contributed by atoms with E-state index in [-0.39, 0.29) is 12.3 Å². The largest absolute Gasteiger partial charge is 0.397 e. The number of nitrogen functional groups attached to an aromatic ring is 1. The van der Waals surface area contributed by atoms with Crippen LogP contribution in [0.1, 0.15) is 16.8 Å². The number of sulfonamides is 1. The Morgan fingerprint density at radius 2 is 2.00 bits per heavy atom. The molecular weight excluding hydrogens is 505 g/mol. The molecule has 192 valence electrons. The summed E-state index contributed by atoms with van der Waals surface area (Å²) in [7, 11) is -3.43. The average Bonchev–Trinajstić information content (AvgIpc) is 2.91. The Balaban J connectivity index is 1.44. The molecule has 4 aromatic rings. The van der Waals surface area contributed by atoms with Crippen LogP contribution in [0.3, 0.4) is 0 Å². The number of halogens is 1. The minimum Gasteiger partial charge on any atom is -0.397 e. The molecule has 0 radical (unpaired) electrons. The molecule has 0 saturated heterocycles. The van der Waals surface area contributed by atoms with Gasteiger partial charge in [0.15, 0.2) is 0 Å². The zero-order valence-electron chi connectivity index (χ0n) is 20.4. The average molecular weight is 530 g/mol. The number of rotatable bonds is 7. The minimum absolute atomic E-state index is 0.0303. The van der Waals surface area contributed by atoms with Gasteiger partial charge in [-0.1, -0.05) is 12.1 Å². The van der Waals surface area contributed by atoms with Crippen molar-refractivity contribution in [2.24, 2.45) is 0 Å². The van der Waals surface area contributed by atoms with Crippen molar-refractivity contribution < 1.29 is 12.8 Å². The van der Waals surface area contributed by atoms with E-state index < -0.39 is 15.8 Å². The van der Waals surface area contributed by atoms with Gasteiger partial charge in [-0.25, -0.2) is 22.5 Å². The van der Waals surface area contributed by atoms with Crippen molar-refractivity contribution in [2.75, 3.05) is 17.3 Å². The van der Waals surface area contributed by atoms with E-state index in [4.69, 9.17) is 11.1 Å². The maximum atomic E-state index is 14.4. The van der Waals surface area contributed by atoms with Crippen LogP contribution >= 0.6 is 0 Å². The Kier molecular flexibility index (Phi) is 6.70. The molecule has 0 unspecified atom stereocenters. The standard InChI is InChI=1S/C27H24FN7O2S/c1-38(36,37)33-13-16-10-17(12-18(28)11-16)20-14-31-15-25-19(20)5-7-24(34-25)26(30)27-21(29)6-8-23(35-27)22-4-2-3-9-32-22/h2-4,6-12,14-15,30,33-34H,5,13,29H2,1H3. The minimum atomic E-state index is -3.43. The van der Waals surface area contributed by atoms with Crippen LogP contribution < -0.4 is 15.8 Å². The summed E-state index contributed by atoms with van der Waals surface area (Å²) in [5.41, 5.74) is 12.1. The molecule has 0 aliphatic carbocycles. The van der Waals surface area contributed by atoms with E-state index >= 15 is 0 Å². The first kappa shape index (κ1) is 25.2. The number of nitrogens with zero attached hydrogens (tertiary/aromatic N) is 3. The van der Waals surface area contributed by atoms with Crippen molar-refractivity contribution in [1.82, 2.24) is 19.7 Å². The molecular formula is C27H24FN7O2S. The number of benzene rings is 1. The Bertz CT molecular complexity index is 1690. The van der Waals surface area contributed by atoms with Crippen LogP contribution in [0.25, 0.3) is 22.5 Å². The van der Waals surface area contributed by atoms with Crippen LogP contribution in [0.15, 0.2) is 78.9 Å². The highest BCUT2D eigenvalue weighted by molar-refractivity contribution is 7.88. The second-order valence-electron chi connectivity index (χ2n) is 8.83. The Morgan fingerprint density at radius 3 is 2.76 bits per heavy atom. The molecule has 4 heterocycles. The number of hydrogen-bond donors (Lipinski definition) is 4. The van der Waals surface area contributed by atoms with Crippen molar-refractivity contribution in [1.29, 1.82) is 5.41 Å². The summed E-state index contributed by atoms with van der Waals surface area (Å²) >= 11 is 0. The van der Waals surface area contributed by atoms with Gasteiger partial charge >= 0.3 is 0 Å². The first-order chi connectivity index (χ1) is 18.2. The Morgan fingerprint density at radius 1 is 1.16 bits per heavy atom. The summed E-state index contributed by atoms with van der Waals surface area (Å²) in [6.07, 6.45) is 8.32. The third-order valence-corrected chi connectivity index (χ3v) is 6.67. The zero-order valence-corrected chi connectivity index (χ0v) is 21.2. The molecule has 1 aromatic carbocycles. The summed E-state index contributed by atoms with van der Waals surface area (Å²) in [5.74, 6) is -0.485. The van der Waals surface area contributed by atoms with Gasteiger partial charge < -0.3 is 11.1 Å². The smallest absolute Gasteiger partial charge is 0.209 e. The molecule has 38 heavy (non-hydrogen) atoms. The lowest BCUT2D eigenvalue weighted by Crippen LogP contribution is -2.21. The number of allylic oxidation sites excluding steroid dienone is 2.